The molecular weight excluding hydrogens is 279 g/mol. The lowest BCUT2D eigenvalue weighted by Crippen LogP contribution is -2.38. The van der Waals surface area contributed by atoms with Gasteiger partial charge in [0, 0.05) is 16.1 Å². The molecule has 1 fully saturated rings. The van der Waals surface area contributed by atoms with Crippen LogP contribution in [0.4, 0.5) is 0 Å². The number of nitrogens with two attached hydrogens (primary N) is 1. The highest BCUT2D eigenvalue weighted by molar-refractivity contribution is 6.35. The Morgan fingerprint density at radius 2 is 1.79 bits per heavy atom. The summed E-state index contributed by atoms with van der Waals surface area (Å²) in [5.41, 5.74) is 3.94. The molecule has 0 aromatic heterocycles. The Labute approximate surface area is 125 Å². The van der Waals surface area contributed by atoms with Crippen molar-refractivity contribution in [1.29, 1.82) is 0 Å². The smallest absolute Gasteiger partial charge is 0.0453 e. The molecule has 1 aromatic carbocycles. The molecule has 19 heavy (non-hydrogen) atoms. The van der Waals surface area contributed by atoms with Gasteiger partial charge in [-0.2, -0.15) is 0 Å². The first-order chi connectivity index (χ1) is 9.20. The van der Waals surface area contributed by atoms with E-state index >= 15 is 0 Å². The number of hydrogen-bond acceptors (Lipinski definition) is 2. The van der Waals surface area contributed by atoms with Crippen molar-refractivity contribution in [2.24, 2.45) is 11.8 Å². The van der Waals surface area contributed by atoms with Crippen molar-refractivity contribution in [3.05, 3.63) is 33.8 Å². The highest BCUT2D eigenvalue weighted by Gasteiger charge is 2.20. The molecule has 0 spiro atoms. The van der Waals surface area contributed by atoms with Crippen LogP contribution in [0.3, 0.4) is 0 Å². The molecule has 0 radical (unpaired) electrons. The largest absolute Gasteiger partial charge is 0.271 e. The van der Waals surface area contributed by atoms with Gasteiger partial charge in [0.1, 0.15) is 0 Å². The minimum absolute atomic E-state index is 0.250. The Morgan fingerprint density at radius 1 is 1.16 bits per heavy atom. The SMILES string of the molecule is NNC(Cc1c(Cl)cccc1Cl)CC1CCCCC1. The summed E-state index contributed by atoms with van der Waals surface area (Å²) in [4.78, 5) is 0. The van der Waals surface area contributed by atoms with E-state index in [9.17, 15) is 0 Å². The fraction of sp³-hybridized carbons (Fsp3) is 0.600. The van der Waals surface area contributed by atoms with Crippen LogP contribution < -0.4 is 11.3 Å². The topological polar surface area (TPSA) is 38.0 Å². The molecule has 1 aliphatic rings. The van der Waals surface area contributed by atoms with Crippen LogP contribution in [0.15, 0.2) is 18.2 Å². The third kappa shape index (κ3) is 4.35. The van der Waals surface area contributed by atoms with E-state index in [1.54, 1.807) is 0 Å². The average Bonchev–Trinajstić information content (AvgIpc) is 2.43. The molecular formula is C15H22Cl2N2. The molecule has 1 aliphatic carbocycles. The van der Waals surface area contributed by atoms with E-state index < -0.39 is 0 Å². The lowest BCUT2D eigenvalue weighted by molar-refractivity contribution is 0.298. The standard InChI is InChI=1S/C15H22Cl2N2/c16-14-7-4-8-15(17)13(14)10-12(19-18)9-11-5-2-1-3-6-11/h4,7-8,11-12,19H,1-3,5-6,9-10,18H2. The minimum atomic E-state index is 0.250. The van der Waals surface area contributed by atoms with Crippen LogP contribution in [-0.4, -0.2) is 6.04 Å². The van der Waals surface area contributed by atoms with E-state index in [0.29, 0.717) is 0 Å². The van der Waals surface area contributed by atoms with Gasteiger partial charge in [-0.25, -0.2) is 0 Å². The lowest BCUT2D eigenvalue weighted by Gasteiger charge is -2.26. The van der Waals surface area contributed by atoms with Gasteiger partial charge in [0.2, 0.25) is 0 Å². The van der Waals surface area contributed by atoms with E-state index in [1.807, 2.05) is 18.2 Å². The molecule has 0 saturated heterocycles. The van der Waals surface area contributed by atoms with Crippen molar-refractivity contribution < 1.29 is 0 Å². The summed E-state index contributed by atoms with van der Waals surface area (Å²) < 4.78 is 0. The third-order valence-electron chi connectivity index (χ3n) is 4.09. The highest BCUT2D eigenvalue weighted by Crippen LogP contribution is 2.30. The molecule has 1 unspecified atom stereocenters. The summed E-state index contributed by atoms with van der Waals surface area (Å²) in [6, 6.07) is 5.90. The van der Waals surface area contributed by atoms with Crippen LogP contribution in [0.25, 0.3) is 0 Å². The van der Waals surface area contributed by atoms with Crippen molar-refractivity contribution >= 4 is 23.2 Å². The van der Waals surface area contributed by atoms with Gasteiger partial charge in [0.15, 0.2) is 0 Å². The first-order valence-electron chi connectivity index (χ1n) is 7.09. The molecule has 0 bridgehead atoms. The predicted molar refractivity (Wildman–Crippen MR) is 82.5 cm³/mol. The zero-order valence-corrected chi connectivity index (χ0v) is 12.7. The first-order valence-corrected chi connectivity index (χ1v) is 7.85. The van der Waals surface area contributed by atoms with Crippen LogP contribution in [0.5, 0.6) is 0 Å². The zero-order valence-electron chi connectivity index (χ0n) is 11.2. The quantitative estimate of drug-likeness (QED) is 0.627. The normalized spacial score (nSPS) is 18.5. The Hall–Kier alpha value is -0.280. The van der Waals surface area contributed by atoms with Crippen LogP contribution in [0, 0.1) is 5.92 Å². The summed E-state index contributed by atoms with van der Waals surface area (Å²) in [5.74, 6) is 6.49. The monoisotopic (exact) mass is 300 g/mol. The second-order valence-electron chi connectivity index (χ2n) is 5.51. The summed E-state index contributed by atoms with van der Waals surface area (Å²) in [6.45, 7) is 0. The molecule has 2 rings (SSSR count). The van der Waals surface area contributed by atoms with E-state index in [0.717, 1.165) is 34.4 Å². The maximum atomic E-state index is 6.22. The van der Waals surface area contributed by atoms with Gasteiger partial charge in [0.25, 0.3) is 0 Å². The van der Waals surface area contributed by atoms with Crippen LogP contribution in [-0.2, 0) is 6.42 Å². The highest BCUT2D eigenvalue weighted by atomic mass is 35.5. The fourth-order valence-electron chi connectivity index (χ4n) is 3.01. The van der Waals surface area contributed by atoms with E-state index in [4.69, 9.17) is 29.0 Å². The number of hydrogen-bond donors (Lipinski definition) is 2. The Morgan fingerprint density at radius 3 is 2.37 bits per heavy atom. The van der Waals surface area contributed by atoms with Crippen LogP contribution in [0.1, 0.15) is 44.1 Å². The molecule has 0 heterocycles. The van der Waals surface area contributed by atoms with Crippen molar-refractivity contribution in [3.8, 4) is 0 Å². The van der Waals surface area contributed by atoms with Crippen molar-refractivity contribution in [2.75, 3.05) is 0 Å². The van der Waals surface area contributed by atoms with E-state index in [1.165, 1.54) is 32.1 Å². The minimum Gasteiger partial charge on any atom is -0.271 e. The summed E-state index contributed by atoms with van der Waals surface area (Å²) in [7, 11) is 0. The van der Waals surface area contributed by atoms with Crippen LogP contribution >= 0.6 is 23.2 Å². The molecule has 3 N–H and O–H groups in total. The van der Waals surface area contributed by atoms with Crippen molar-refractivity contribution in [2.45, 2.75) is 51.0 Å². The van der Waals surface area contributed by atoms with E-state index in [2.05, 4.69) is 5.43 Å². The Balaban J connectivity index is 1.98. The second-order valence-corrected chi connectivity index (χ2v) is 6.32. The first kappa shape index (κ1) is 15.1. The second kappa shape index (κ2) is 7.49. The Bertz CT molecular complexity index is 383. The summed E-state index contributed by atoms with van der Waals surface area (Å²) >= 11 is 12.4. The van der Waals surface area contributed by atoms with Gasteiger partial charge in [-0.15, -0.1) is 0 Å². The predicted octanol–water partition coefficient (Wildman–Crippen LogP) is 4.34. The number of halogens is 2. The molecule has 1 atom stereocenters. The maximum absolute atomic E-state index is 6.22. The molecule has 0 amide bonds. The molecule has 4 heteroatoms. The van der Waals surface area contributed by atoms with Crippen molar-refractivity contribution in [3.63, 3.8) is 0 Å². The van der Waals surface area contributed by atoms with Gasteiger partial charge < -0.3 is 0 Å². The number of benzene rings is 1. The van der Waals surface area contributed by atoms with Crippen LogP contribution in [0.2, 0.25) is 10.0 Å². The third-order valence-corrected chi connectivity index (χ3v) is 4.80. The van der Waals surface area contributed by atoms with Gasteiger partial charge in [-0.1, -0.05) is 61.4 Å². The zero-order chi connectivity index (χ0) is 13.7. The average molecular weight is 301 g/mol. The van der Waals surface area contributed by atoms with Gasteiger partial charge in [-0.3, -0.25) is 11.3 Å². The fourth-order valence-corrected chi connectivity index (χ4v) is 3.56. The maximum Gasteiger partial charge on any atom is 0.0453 e. The van der Waals surface area contributed by atoms with E-state index in [-0.39, 0.29) is 6.04 Å². The van der Waals surface area contributed by atoms with Gasteiger partial charge in [-0.05, 0) is 36.5 Å². The molecule has 1 saturated carbocycles. The molecule has 106 valence electrons. The summed E-state index contributed by atoms with van der Waals surface area (Å²) in [6.07, 6.45) is 8.66. The number of hydrazine groups is 1. The van der Waals surface area contributed by atoms with Crippen molar-refractivity contribution in [1.82, 2.24) is 5.43 Å². The number of rotatable bonds is 5. The Kier molecular flexibility index (Phi) is 5.96. The molecule has 1 aromatic rings. The molecule has 0 aliphatic heterocycles. The lowest BCUT2D eigenvalue weighted by atomic mass is 9.84. The van der Waals surface area contributed by atoms with Gasteiger partial charge >= 0.3 is 0 Å². The summed E-state index contributed by atoms with van der Waals surface area (Å²) in [5, 5.41) is 1.47. The molecule has 2 nitrogen and oxygen atoms in total. The number of nitrogens with one attached hydrogen (secondary N) is 1. The van der Waals surface area contributed by atoms with Gasteiger partial charge in [0.05, 0.1) is 0 Å².